The van der Waals surface area contributed by atoms with Crippen LogP contribution in [0.4, 0.5) is 0 Å². The number of pyridine rings is 1. The summed E-state index contributed by atoms with van der Waals surface area (Å²) in [6, 6.07) is 11.3. The Morgan fingerprint density at radius 2 is 2.23 bits per heavy atom. The molecule has 0 aliphatic carbocycles. The number of carboxylic acid groups (broad SMARTS) is 1. The first kappa shape index (κ1) is 25.1. The van der Waals surface area contributed by atoms with Crippen molar-refractivity contribution >= 4 is 28.2 Å². The number of methoxy groups -OCH3 is 1. The van der Waals surface area contributed by atoms with Crippen LogP contribution in [0, 0.1) is 23.7 Å². The van der Waals surface area contributed by atoms with E-state index < -0.39 is 5.97 Å². The van der Waals surface area contributed by atoms with Gasteiger partial charge in [-0.25, -0.2) is 0 Å². The van der Waals surface area contributed by atoms with Gasteiger partial charge in [-0.2, -0.15) is 5.48 Å². The fourth-order valence-corrected chi connectivity index (χ4v) is 5.56. The Bertz CT molecular complexity index is 1190. The van der Waals surface area contributed by atoms with Gasteiger partial charge in [-0.3, -0.25) is 14.7 Å². The second-order valence-electron chi connectivity index (χ2n) is 8.96. The number of hydroxylamine groups is 1. The molecule has 0 amide bonds. The second kappa shape index (κ2) is 12.1. The lowest BCUT2D eigenvalue weighted by Crippen LogP contribution is -2.41. The van der Waals surface area contributed by atoms with Crippen molar-refractivity contribution in [3.8, 4) is 17.6 Å². The molecule has 8 heteroatoms. The van der Waals surface area contributed by atoms with Crippen molar-refractivity contribution in [1.82, 2.24) is 15.4 Å². The van der Waals surface area contributed by atoms with Crippen LogP contribution in [0.2, 0.25) is 0 Å². The van der Waals surface area contributed by atoms with E-state index in [1.54, 1.807) is 24.6 Å². The molecule has 0 radical (unpaired) electrons. The molecular weight excluding hydrogens is 462 g/mol. The third-order valence-electron chi connectivity index (χ3n) is 6.79. The average Bonchev–Trinajstić information content (AvgIpc) is 3.38. The number of ether oxygens (including phenoxy) is 1. The summed E-state index contributed by atoms with van der Waals surface area (Å²) in [5.41, 5.74) is 4.27. The number of piperidine rings is 1. The SMILES string of the molecule is COc1ccc2nccc([C@@H](CC[C@@H]3CCN(CC#Cc4cccs4)C[C@@H]3CC(=O)O)NO)c2c1. The van der Waals surface area contributed by atoms with E-state index in [1.165, 1.54) is 0 Å². The fourth-order valence-electron chi connectivity index (χ4n) is 4.97. The zero-order chi connectivity index (χ0) is 24.6. The van der Waals surface area contributed by atoms with Gasteiger partial charge in [-0.1, -0.05) is 17.9 Å². The molecule has 0 bridgehead atoms. The molecule has 4 rings (SSSR count). The molecule has 0 saturated carbocycles. The van der Waals surface area contributed by atoms with Gasteiger partial charge in [0.1, 0.15) is 5.75 Å². The summed E-state index contributed by atoms with van der Waals surface area (Å²) in [4.78, 5) is 19.3. The maximum atomic E-state index is 11.6. The summed E-state index contributed by atoms with van der Waals surface area (Å²) in [6.45, 7) is 2.27. The van der Waals surface area contributed by atoms with E-state index in [0.29, 0.717) is 13.0 Å². The number of carbonyl (C=O) groups is 1. The van der Waals surface area contributed by atoms with Gasteiger partial charge in [0.25, 0.3) is 0 Å². The van der Waals surface area contributed by atoms with Crippen LogP contribution in [-0.2, 0) is 4.79 Å². The number of benzene rings is 1. The highest BCUT2D eigenvalue weighted by Crippen LogP contribution is 2.34. The molecule has 3 atom stereocenters. The molecule has 7 nitrogen and oxygen atoms in total. The van der Waals surface area contributed by atoms with Gasteiger partial charge in [-0.05, 0) is 78.9 Å². The highest BCUT2D eigenvalue weighted by molar-refractivity contribution is 7.10. The van der Waals surface area contributed by atoms with Crippen molar-refractivity contribution in [2.45, 2.75) is 31.7 Å². The lowest BCUT2D eigenvalue weighted by molar-refractivity contribution is -0.139. The minimum Gasteiger partial charge on any atom is -0.497 e. The van der Waals surface area contributed by atoms with Crippen LogP contribution >= 0.6 is 11.3 Å². The average molecular weight is 494 g/mol. The van der Waals surface area contributed by atoms with Crippen LogP contribution < -0.4 is 10.2 Å². The smallest absolute Gasteiger partial charge is 0.303 e. The molecular formula is C27H31N3O4S. The molecule has 0 spiro atoms. The largest absolute Gasteiger partial charge is 0.497 e. The quantitative estimate of drug-likeness (QED) is 0.297. The first-order valence-electron chi connectivity index (χ1n) is 11.9. The minimum atomic E-state index is -0.768. The lowest BCUT2D eigenvalue weighted by atomic mass is 9.79. The molecule has 3 aromatic rings. The second-order valence-corrected chi connectivity index (χ2v) is 9.91. The molecule has 1 fully saturated rings. The number of hydrogen-bond acceptors (Lipinski definition) is 7. The highest BCUT2D eigenvalue weighted by atomic mass is 32.1. The molecule has 1 aromatic carbocycles. The van der Waals surface area contributed by atoms with Gasteiger partial charge in [0, 0.05) is 24.5 Å². The number of fused-ring (bicyclic) bond motifs is 1. The Hall–Kier alpha value is -2.96. The van der Waals surface area contributed by atoms with E-state index in [9.17, 15) is 15.1 Å². The molecule has 3 N–H and O–H groups in total. The van der Waals surface area contributed by atoms with Crippen molar-refractivity contribution in [1.29, 1.82) is 0 Å². The zero-order valence-electron chi connectivity index (χ0n) is 19.8. The number of hydrogen-bond donors (Lipinski definition) is 3. The van der Waals surface area contributed by atoms with Crippen LogP contribution in [0.3, 0.4) is 0 Å². The zero-order valence-corrected chi connectivity index (χ0v) is 20.6. The van der Waals surface area contributed by atoms with E-state index in [1.807, 2.05) is 41.8 Å². The number of aliphatic carboxylic acids is 1. The van der Waals surface area contributed by atoms with Gasteiger partial charge >= 0.3 is 5.97 Å². The van der Waals surface area contributed by atoms with E-state index >= 15 is 0 Å². The number of carboxylic acids is 1. The van der Waals surface area contributed by atoms with Crippen LogP contribution in [0.1, 0.15) is 42.2 Å². The highest BCUT2D eigenvalue weighted by Gasteiger charge is 2.31. The Balaban J connectivity index is 1.42. The Kier molecular flexibility index (Phi) is 8.72. The predicted molar refractivity (Wildman–Crippen MR) is 137 cm³/mol. The van der Waals surface area contributed by atoms with Crippen LogP contribution in [0.5, 0.6) is 5.75 Å². The van der Waals surface area contributed by atoms with E-state index in [2.05, 4.69) is 27.2 Å². The topological polar surface area (TPSA) is 94.9 Å². The van der Waals surface area contributed by atoms with Gasteiger partial charge in [0.05, 0.1) is 30.1 Å². The number of aromatic nitrogens is 1. The van der Waals surface area contributed by atoms with Crippen molar-refractivity contribution in [2.75, 3.05) is 26.7 Å². The van der Waals surface area contributed by atoms with Crippen LogP contribution in [0.15, 0.2) is 48.0 Å². The summed E-state index contributed by atoms with van der Waals surface area (Å²) in [6.07, 6.45) is 4.32. The number of thiophene rings is 1. The summed E-state index contributed by atoms with van der Waals surface area (Å²) in [5.74, 6) is 6.71. The Labute approximate surface area is 209 Å². The summed E-state index contributed by atoms with van der Waals surface area (Å²) >= 11 is 1.62. The predicted octanol–water partition coefficient (Wildman–Crippen LogP) is 4.57. The lowest BCUT2D eigenvalue weighted by Gasteiger charge is -2.38. The summed E-state index contributed by atoms with van der Waals surface area (Å²) in [5, 5.41) is 22.5. The molecule has 1 aliphatic heterocycles. The molecule has 1 saturated heterocycles. The fraction of sp³-hybridized carbons (Fsp3) is 0.407. The molecule has 3 heterocycles. The van der Waals surface area contributed by atoms with Crippen molar-refractivity contribution in [3.63, 3.8) is 0 Å². The molecule has 2 aromatic heterocycles. The van der Waals surface area contributed by atoms with Gasteiger partial charge < -0.3 is 15.1 Å². The van der Waals surface area contributed by atoms with Crippen molar-refractivity contribution < 1.29 is 19.8 Å². The van der Waals surface area contributed by atoms with Gasteiger partial charge in [0.15, 0.2) is 0 Å². The molecule has 184 valence electrons. The monoisotopic (exact) mass is 493 g/mol. The summed E-state index contributed by atoms with van der Waals surface area (Å²) in [7, 11) is 1.63. The standard InChI is InChI=1S/C27H31N3O4S/c1-34-21-7-9-25-24(17-21)23(10-12-28-25)26(29-33)8-6-19-11-14-30(18-20(19)16-27(31)32)13-2-4-22-5-3-15-35-22/h3,5,7,9-10,12,15,17,19-20,26,29,33H,6,8,11,13-14,16,18H2,1H3,(H,31,32)/t19-,20+,26-/m1/s1. The van der Waals surface area contributed by atoms with E-state index in [4.69, 9.17) is 4.74 Å². The Morgan fingerprint density at radius 1 is 1.34 bits per heavy atom. The molecule has 0 unspecified atom stereocenters. The normalized spacial score (nSPS) is 19.1. The summed E-state index contributed by atoms with van der Waals surface area (Å²) < 4.78 is 5.38. The number of rotatable bonds is 9. The molecule has 35 heavy (non-hydrogen) atoms. The maximum absolute atomic E-state index is 11.6. The number of nitrogens with zero attached hydrogens (tertiary/aromatic N) is 2. The number of likely N-dealkylation sites (tertiary alicyclic amines) is 1. The van der Waals surface area contributed by atoms with E-state index in [-0.39, 0.29) is 24.3 Å². The van der Waals surface area contributed by atoms with Crippen LogP contribution in [0.25, 0.3) is 10.9 Å². The Morgan fingerprint density at radius 3 is 2.97 bits per heavy atom. The van der Waals surface area contributed by atoms with Crippen molar-refractivity contribution in [2.24, 2.45) is 11.8 Å². The van der Waals surface area contributed by atoms with Gasteiger partial charge in [-0.15, -0.1) is 11.3 Å². The van der Waals surface area contributed by atoms with E-state index in [0.717, 1.165) is 53.0 Å². The van der Waals surface area contributed by atoms with Crippen molar-refractivity contribution in [3.05, 3.63) is 58.4 Å². The number of nitrogens with one attached hydrogen (secondary N) is 1. The third-order valence-corrected chi connectivity index (χ3v) is 7.57. The first-order valence-corrected chi connectivity index (χ1v) is 12.7. The maximum Gasteiger partial charge on any atom is 0.303 e. The third kappa shape index (κ3) is 6.59. The molecule has 1 aliphatic rings. The minimum absolute atomic E-state index is 0.0541. The van der Waals surface area contributed by atoms with Crippen LogP contribution in [-0.4, -0.2) is 52.9 Å². The first-order chi connectivity index (χ1) is 17.1. The van der Waals surface area contributed by atoms with Gasteiger partial charge in [0.2, 0.25) is 0 Å².